The van der Waals surface area contributed by atoms with E-state index in [-0.39, 0.29) is 10.0 Å². The van der Waals surface area contributed by atoms with Crippen LogP contribution in [0.15, 0.2) is 39.1 Å². The van der Waals surface area contributed by atoms with Crippen LogP contribution < -0.4 is 4.72 Å². The average molecular weight is 354 g/mol. The van der Waals surface area contributed by atoms with E-state index in [1.807, 2.05) is 0 Å². The number of halogens is 2. The quantitative estimate of drug-likeness (QED) is 0.920. The zero-order chi connectivity index (χ0) is 12.5. The first-order valence-electron chi connectivity index (χ1n) is 4.38. The number of anilines is 1. The van der Waals surface area contributed by atoms with Crippen LogP contribution in [0.5, 0.6) is 0 Å². The van der Waals surface area contributed by atoms with Gasteiger partial charge in [-0.3, -0.25) is 4.72 Å². The van der Waals surface area contributed by atoms with Gasteiger partial charge in [0, 0.05) is 6.20 Å². The molecule has 0 spiro atoms. The lowest BCUT2D eigenvalue weighted by molar-refractivity contribution is 0.603. The Morgan fingerprint density at radius 2 is 2.12 bits per heavy atom. The summed E-state index contributed by atoms with van der Waals surface area (Å²) in [4.78, 5) is 3.93. The van der Waals surface area contributed by atoms with Gasteiger partial charge in [-0.15, -0.1) is 11.3 Å². The molecule has 1 N–H and O–H groups in total. The van der Waals surface area contributed by atoms with E-state index in [4.69, 9.17) is 11.6 Å². The normalized spacial score (nSPS) is 11.4. The van der Waals surface area contributed by atoms with Crippen molar-refractivity contribution in [3.05, 3.63) is 39.3 Å². The molecule has 0 bridgehead atoms. The minimum absolute atomic E-state index is 0.153. The Morgan fingerprint density at radius 3 is 2.71 bits per heavy atom. The van der Waals surface area contributed by atoms with E-state index >= 15 is 0 Å². The third-order valence-corrected chi connectivity index (χ3v) is 5.50. The molecule has 2 aromatic heterocycles. The van der Waals surface area contributed by atoms with E-state index in [0.717, 1.165) is 11.3 Å². The van der Waals surface area contributed by atoms with Gasteiger partial charge >= 0.3 is 0 Å². The molecule has 0 amide bonds. The molecular formula is C9H6BrClN2O2S2. The summed E-state index contributed by atoms with van der Waals surface area (Å²) in [6, 6.07) is 6.39. The first kappa shape index (κ1) is 12.8. The van der Waals surface area contributed by atoms with Gasteiger partial charge in [0.25, 0.3) is 10.0 Å². The van der Waals surface area contributed by atoms with Gasteiger partial charge in [0.1, 0.15) is 4.21 Å². The topological polar surface area (TPSA) is 59.1 Å². The molecule has 0 fully saturated rings. The highest BCUT2D eigenvalue weighted by Crippen LogP contribution is 2.28. The highest BCUT2D eigenvalue weighted by molar-refractivity contribution is 9.10. The van der Waals surface area contributed by atoms with Crippen LogP contribution in [0.2, 0.25) is 4.34 Å². The zero-order valence-corrected chi connectivity index (χ0v) is 12.2. The van der Waals surface area contributed by atoms with Crippen molar-refractivity contribution in [1.29, 1.82) is 0 Å². The fourth-order valence-corrected chi connectivity index (χ4v) is 4.08. The van der Waals surface area contributed by atoms with Gasteiger partial charge < -0.3 is 0 Å². The van der Waals surface area contributed by atoms with Crippen LogP contribution in [-0.2, 0) is 10.0 Å². The van der Waals surface area contributed by atoms with Crippen molar-refractivity contribution in [3.8, 4) is 0 Å². The van der Waals surface area contributed by atoms with Crippen LogP contribution in [0.4, 0.5) is 5.82 Å². The van der Waals surface area contributed by atoms with E-state index in [0.29, 0.717) is 8.81 Å². The number of sulfonamides is 1. The lowest BCUT2D eigenvalue weighted by atomic mass is 10.5. The van der Waals surface area contributed by atoms with E-state index < -0.39 is 10.0 Å². The summed E-state index contributed by atoms with van der Waals surface area (Å²) in [7, 11) is -3.62. The fourth-order valence-electron chi connectivity index (χ4n) is 1.08. The minimum Gasteiger partial charge on any atom is -0.262 e. The molecule has 0 saturated carbocycles. The Balaban J connectivity index is 2.33. The van der Waals surface area contributed by atoms with Crippen LogP contribution in [0, 0.1) is 0 Å². The molecule has 0 saturated heterocycles. The van der Waals surface area contributed by atoms with Crippen molar-refractivity contribution in [1.82, 2.24) is 4.98 Å². The Morgan fingerprint density at radius 1 is 1.35 bits per heavy atom. The van der Waals surface area contributed by atoms with Gasteiger partial charge in [-0.05, 0) is 40.2 Å². The molecule has 0 aliphatic rings. The molecule has 2 rings (SSSR count). The molecule has 17 heavy (non-hydrogen) atoms. The Kier molecular flexibility index (Phi) is 3.72. The Bertz CT molecular complexity index is 642. The predicted molar refractivity (Wildman–Crippen MR) is 72.1 cm³/mol. The highest BCUT2D eigenvalue weighted by atomic mass is 79.9. The number of nitrogens with one attached hydrogen (secondary N) is 1. The maximum atomic E-state index is 11.9. The highest BCUT2D eigenvalue weighted by Gasteiger charge is 2.18. The van der Waals surface area contributed by atoms with Crippen molar-refractivity contribution in [2.24, 2.45) is 0 Å². The largest absolute Gasteiger partial charge is 0.272 e. The van der Waals surface area contributed by atoms with Crippen LogP contribution in [0.3, 0.4) is 0 Å². The van der Waals surface area contributed by atoms with Crippen molar-refractivity contribution in [2.45, 2.75) is 4.21 Å². The zero-order valence-electron chi connectivity index (χ0n) is 8.22. The van der Waals surface area contributed by atoms with E-state index in [9.17, 15) is 8.42 Å². The molecule has 8 heteroatoms. The second-order valence-electron chi connectivity index (χ2n) is 3.00. The maximum Gasteiger partial charge on any atom is 0.272 e. The lowest BCUT2D eigenvalue weighted by Gasteiger charge is -2.06. The first-order chi connectivity index (χ1) is 7.99. The van der Waals surface area contributed by atoms with Crippen LogP contribution >= 0.6 is 38.9 Å². The van der Waals surface area contributed by atoms with E-state index in [1.165, 1.54) is 18.3 Å². The summed E-state index contributed by atoms with van der Waals surface area (Å²) in [6.07, 6.45) is 1.50. The number of thiophene rings is 1. The number of hydrogen-bond acceptors (Lipinski definition) is 4. The number of rotatable bonds is 3. The van der Waals surface area contributed by atoms with Crippen molar-refractivity contribution in [2.75, 3.05) is 4.72 Å². The fraction of sp³-hybridized carbons (Fsp3) is 0. The summed E-state index contributed by atoms with van der Waals surface area (Å²) >= 11 is 9.91. The van der Waals surface area contributed by atoms with Crippen LogP contribution in [-0.4, -0.2) is 13.4 Å². The SMILES string of the molecule is O=S(=O)(Nc1ncccc1Br)c1ccc(Cl)s1. The van der Waals surface area contributed by atoms with Gasteiger partial charge in [-0.2, -0.15) is 0 Å². The smallest absolute Gasteiger partial charge is 0.262 e. The number of aromatic nitrogens is 1. The molecule has 0 atom stereocenters. The number of nitrogens with zero attached hydrogens (tertiary/aromatic N) is 1. The van der Waals surface area contributed by atoms with E-state index in [1.54, 1.807) is 12.1 Å². The molecular weight excluding hydrogens is 348 g/mol. The summed E-state index contributed by atoms with van der Waals surface area (Å²) in [5.74, 6) is 0.247. The average Bonchev–Trinajstić information content (AvgIpc) is 2.69. The number of hydrogen-bond donors (Lipinski definition) is 1. The molecule has 0 unspecified atom stereocenters. The number of pyridine rings is 1. The lowest BCUT2D eigenvalue weighted by Crippen LogP contribution is -2.12. The second-order valence-corrected chi connectivity index (χ2v) is 7.48. The molecule has 0 radical (unpaired) electrons. The van der Waals surface area contributed by atoms with Gasteiger partial charge in [-0.1, -0.05) is 11.6 Å². The Labute approximate surface area is 116 Å². The molecule has 2 heterocycles. The molecule has 0 aromatic carbocycles. The second kappa shape index (κ2) is 4.93. The molecule has 0 aliphatic heterocycles. The Hall–Kier alpha value is -0.630. The van der Waals surface area contributed by atoms with Crippen LogP contribution in [0.25, 0.3) is 0 Å². The molecule has 90 valence electrons. The maximum absolute atomic E-state index is 11.9. The van der Waals surface area contributed by atoms with Gasteiger partial charge in [0.15, 0.2) is 5.82 Å². The molecule has 0 aliphatic carbocycles. The van der Waals surface area contributed by atoms with Crippen molar-refractivity contribution in [3.63, 3.8) is 0 Å². The van der Waals surface area contributed by atoms with Gasteiger partial charge in [0.05, 0.1) is 8.81 Å². The van der Waals surface area contributed by atoms with E-state index in [2.05, 4.69) is 25.6 Å². The summed E-state index contributed by atoms with van der Waals surface area (Å²) in [5.41, 5.74) is 0. The third-order valence-electron chi connectivity index (χ3n) is 1.80. The van der Waals surface area contributed by atoms with Crippen molar-refractivity contribution < 1.29 is 8.42 Å². The van der Waals surface area contributed by atoms with Gasteiger partial charge in [0.2, 0.25) is 0 Å². The monoisotopic (exact) mass is 352 g/mol. The first-order valence-corrected chi connectivity index (χ1v) is 7.85. The van der Waals surface area contributed by atoms with Crippen LogP contribution in [0.1, 0.15) is 0 Å². The van der Waals surface area contributed by atoms with Crippen molar-refractivity contribution >= 4 is 54.7 Å². The third kappa shape index (κ3) is 2.98. The van der Waals surface area contributed by atoms with Gasteiger partial charge in [-0.25, -0.2) is 13.4 Å². The standard InChI is InChI=1S/C9H6BrClN2O2S2/c10-6-2-1-5-12-9(6)13-17(14,15)8-4-3-7(11)16-8/h1-5H,(H,12,13). The summed E-state index contributed by atoms with van der Waals surface area (Å²) in [6.45, 7) is 0. The minimum atomic E-state index is -3.62. The summed E-state index contributed by atoms with van der Waals surface area (Å²) < 4.78 is 27.4. The predicted octanol–water partition coefficient (Wildman–Crippen LogP) is 3.36. The molecule has 2 aromatic rings. The molecule has 4 nitrogen and oxygen atoms in total. The summed E-state index contributed by atoms with van der Waals surface area (Å²) in [5, 5.41) is 0.